The van der Waals surface area contributed by atoms with E-state index in [9.17, 15) is 13.2 Å². The molecule has 128 valence electrons. The zero-order chi connectivity index (χ0) is 17.0. The van der Waals surface area contributed by atoms with Crippen molar-refractivity contribution in [3.05, 3.63) is 29.8 Å². The zero-order valence-corrected chi connectivity index (χ0v) is 14.6. The van der Waals surface area contributed by atoms with Gasteiger partial charge in [0.1, 0.15) is 0 Å². The second-order valence-corrected chi connectivity index (χ2v) is 8.23. The molecule has 7 heteroatoms. The predicted octanol–water partition coefficient (Wildman–Crippen LogP) is 1.02. The zero-order valence-electron chi connectivity index (χ0n) is 13.8. The Labute approximate surface area is 137 Å². The lowest BCUT2D eigenvalue weighted by atomic mass is 9.80. The monoisotopic (exact) mass is 340 g/mol. The maximum atomic E-state index is 12.1. The van der Waals surface area contributed by atoms with Gasteiger partial charge in [-0.3, -0.25) is 4.79 Å². The van der Waals surface area contributed by atoms with Gasteiger partial charge in [-0.25, -0.2) is 12.7 Å². The van der Waals surface area contributed by atoms with Crippen molar-refractivity contribution in [2.45, 2.75) is 30.2 Å². The Balaban J connectivity index is 1.92. The molecule has 0 aromatic heterocycles. The smallest absolute Gasteiger partial charge is 0.242 e. The second-order valence-electron chi connectivity index (χ2n) is 6.07. The highest BCUT2D eigenvalue weighted by atomic mass is 32.2. The van der Waals surface area contributed by atoms with Crippen LogP contribution < -0.4 is 5.32 Å². The normalized spacial score (nSPS) is 21.0. The molecule has 1 aromatic rings. The number of carbonyl (C=O) groups excluding carboxylic acids is 1. The van der Waals surface area contributed by atoms with E-state index in [1.54, 1.807) is 19.2 Å². The summed E-state index contributed by atoms with van der Waals surface area (Å²) in [6.45, 7) is 0.669. The molecule has 23 heavy (non-hydrogen) atoms. The van der Waals surface area contributed by atoms with Crippen LogP contribution in [0.4, 0.5) is 0 Å². The molecule has 6 nitrogen and oxygen atoms in total. The summed E-state index contributed by atoms with van der Waals surface area (Å²) in [7, 11) is 1.22. The molecule has 0 unspecified atom stereocenters. The molecular weight excluding hydrogens is 316 g/mol. The third kappa shape index (κ3) is 4.31. The van der Waals surface area contributed by atoms with Crippen molar-refractivity contribution in [1.29, 1.82) is 0 Å². The molecule has 0 radical (unpaired) electrons. The lowest BCUT2D eigenvalue weighted by molar-refractivity contribution is -0.122. The summed E-state index contributed by atoms with van der Waals surface area (Å²) in [6.07, 6.45) is 2.31. The molecule has 1 N–H and O–H groups in total. The lowest BCUT2D eigenvalue weighted by Gasteiger charge is -2.36. The second kappa shape index (κ2) is 7.42. The first-order chi connectivity index (χ1) is 10.8. The van der Waals surface area contributed by atoms with Crippen LogP contribution in [0.15, 0.2) is 29.2 Å². The average molecular weight is 340 g/mol. The van der Waals surface area contributed by atoms with E-state index in [0.29, 0.717) is 12.5 Å². The summed E-state index contributed by atoms with van der Waals surface area (Å²) in [5.74, 6) is 0.357. The fourth-order valence-corrected chi connectivity index (χ4v) is 3.51. The van der Waals surface area contributed by atoms with Crippen LogP contribution in [0.5, 0.6) is 0 Å². The number of sulfonamides is 1. The minimum Gasteiger partial charge on any atom is -0.384 e. The quantitative estimate of drug-likeness (QED) is 0.804. The third-order valence-corrected chi connectivity index (χ3v) is 6.04. The van der Waals surface area contributed by atoms with Gasteiger partial charge >= 0.3 is 0 Å². The highest BCUT2D eigenvalue weighted by Gasteiger charge is 2.31. The van der Waals surface area contributed by atoms with Crippen LogP contribution in [-0.4, -0.2) is 52.5 Å². The molecule has 1 amide bonds. The van der Waals surface area contributed by atoms with Gasteiger partial charge in [-0.1, -0.05) is 12.1 Å². The molecule has 2 rings (SSSR count). The van der Waals surface area contributed by atoms with Crippen molar-refractivity contribution in [2.75, 3.05) is 27.8 Å². The highest BCUT2D eigenvalue weighted by molar-refractivity contribution is 7.89. The first-order valence-electron chi connectivity index (χ1n) is 7.64. The fourth-order valence-electron chi connectivity index (χ4n) is 2.61. The van der Waals surface area contributed by atoms with Gasteiger partial charge in [-0.15, -0.1) is 0 Å². The van der Waals surface area contributed by atoms with E-state index in [1.165, 1.54) is 30.5 Å². The number of nitrogens with one attached hydrogen (secondary N) is 1. The molecule has 1 aromatic carbocycles. The van der Waals surface area contributed by atoms with Gasteiger partial charge in [0.05, 0.1) is 17.9 Å². The van der Waals surface area contributed by atoms with Crippen LogP contribution in [0, 0.1) is 5.92 Å². The minimum absolute atomic E-state index is 0.0426. The Morgan fingerprint density at radius 1 is 1.26 bits per heavy atom. The predicted molar refractivity (Wildman–Crippen MR) is 87.5 cm³/mol. The van der Waals surface area contributed by atoms with E-state index in [4.69, 9.17) is 4.74 Å². The van der Waals surface area contributed by atoms with Gasteiger partial charge in [0.2, 0.25) is 15.9 Å². The molecule has 1 saturated carbocycles. The molecular formula is C16H24N2O4S. The first kappa shape index (κ1) is 17.9. The van der Waals surface area contributed by atoms with E-state index < -0.39 is 10.0 Å². The largest absolute Gasteiger partial charge is 0.384 e. The van der Waals surface area contributed by atoms with Gasteiger partial charge in [-0.2, -0.15) is 0 Å². The Bertz CT molecular complexity index is 641. The number of carbonyl (C=O) groups is 1. The van der Waals surface area contributed by atoms with E-state index in [-0.39, 0.29) is 23.3 Å². The summed E-state index contributed by atoms with van der Waals surface area (Å²) < 4.78 is 30.3. The van der Waals surface area contributed by atoms with Crippen LogP contribution in [0.1, 0.15) is 18.4 Å². The van der Waals surface area contributed by atoms with Crippen molar-refractivity contribution in [1.82, 2.24) is 9.62 Å². The first-order valence-corrected chi connectivity index (χ1v) is 9.08. The van der Waals surface area contributed by atoms with Gasteiger partial charge in [-0.05, 0) is 30.5 Å². The number of rotatable bonds is 7. The molecule has 1 fully saturated rings. The number of methoxy groups -OCH3 is 1. The summed E-state index contributed by atoms with van der Waals surface area (Å²) in [5.41, 5.74) is 0.794. The van der Waals surface area contributed by atoms with Crippen LogP contribution in [0.2, 0.25) is 0 Å². The minimum atomic E-state index is -3.43. The average Bonchev–Trinajstić information content (AvgIpc) is 2.49. The lowest BCUT2D eigenvalue weighted by Crippen LogP contribution is -2.48. The maximum absolute atomic E-state index is 12.1. The Hall–Kier alpha value is -1.44. The maximum Gasteiger partial charge on any atom is 0.242 e. The van der Waals surface area contributed by atoms with Gasteiger partial charge in [0, 0.05) is 33.2 Å². The Morgan fingerprint density at radius 2 is 1.91 bits per heavy atom. The molecule has 1 aliphatic rings. The summed E-state index contributed by atoms with van der Waals surface area (Å²) in [4.78, 5) is 12.3. The number of amides is 1. The van der Waals surface area contributed by atoms with Crippen molar-refractivity contribution < 1.29 is 17.9 Å². The van der Waals surface area contributed by atoms with Crippen molar-refractivity contribution in [2.24, 2.45) is 5.92 Å². The third-order valence-electron chi connectivity index (χ3n) is 4.21. The number of hydrogen-bond acceptors (Lipinski definition) is 4. The number of ether oxygens (including phenoxy) is 1. The molecule has 1 aliphatic carbocycles. The molecule has 0 heterocycles. The summed E-state index contributed by atoms with van der Waals surface area (Å²) in [5, 5.41) is 3.02. The van der Waals surface area contributed by atoms with Crippen molar-refractivity contribution in [3.63, 3.8) is 0 Å². The van der Waals surface area contributed by atoms with Gasteiger partial charge in [0.15, 0.2) is 0 Å². The number of nitrogens with zero attached hydrogens (tertiary/aromatic N) is 1. The van der Waals surface area contributed by atoms with Gasteiger partial charge < -0.3 is 10.1 Å². The fraction of sp³-hybridized carbons (Fsp3) is 0.562. The van der Waals surface area contributed by atoms with Crippen LogP contribution in [0.25, 0.3) is 0 Å². The Kier molecular flexibility index (Phi) is 5.78. The SMILES string of the molecule is COC[C@H]1CC[C@H]1NC(=O)Cc1ccc(S(=O)(=O)N(C)C)cc1. The van der Waals surface area contributed by atoms with E-state index in [1.807, 2.05) is 0 Å². The van der Waals surface area contributed by atoms with Gasteiger partial charge in [0.25, 0.3) is 0 Å². The summed E-state index contributed by atoms with van der Waals surface area (Å²) >= 11 is 0. The van der Waals surface area contributed by atoms with Crippen LogP contribution in [0.3, 0.4) is 0 Å². The molecule has 0 spiro atoms. The number of hydrogen-bond donors (Lipinski definition) is 1. The summed E-state index contributed by atoms with van der Waals surface area (Å²) in [6, 6.07) is 6.63. The van der Waals surface area contributed by atoms with E-state index in [0.717, 1.165) is 18.4 Å². The topological polar surface area (TPSA) is 75.7 Å². The van der Waals surface area contributed by atoms with Crippen molar-refractivity contribution >= 4 is 15.9 Å². The molecule has 0 bridgehead atoms. The number of benzene rings is 1. The van der Waals surface area contributed by atoms with Crippen molar-refractivity contribution in [3.8, 4) is 0 Å². The molecule has 2 atom stereocenters. The van der Waals surface area contributed by atoms with Crippen LogP contribution >= 0.6 is 0 Å². The van der Waals surface area contributed by atoms with E-state index in [2.05, 4.69) is 5.32 Å². The van der Waals surface area contributed by atoms with E-state index >= 15 is 0 Å². The standard InChI is InChI=1S/C16H24N2O4S/c1-18(2)23(20,21)14-7-4-12(5-8-14)10-16(19)17-15-9-6-13(15)11-22-3/h4-5,7-8,13,15H,6,9-11H2,1-3H3,(H,17,19)/t13-,15-/m1/s1. The molecule has 0 saturated heterocycles. The molecule has 0 aliphatic heterocycles. The Morgan fingerprint density at radius 3 is 2.39 bits per heavy atom. The van der Waals surface area contributed by atoms with Crippen LogP contribution in [-0.2, 0) is 26.0 Å². The highest BCUT2D eigenvalue weighted by Crippen LogP contribution is 2.27.